The SMILES string of the molecule is CC1CCCN(S(=O)(=O)N2CCN(c3ccccc3Cl)CC2)C1. The first-order valence-corrected chi connectivity index (χ1v) is 10.0. The average molecular weight is 358 g/mol. The standard InChI is InChI=1S/C16H24ClN3O2S/c1-14-5-4-8-20(13-14)23(21,22)19-11-9-18(10-12-19)16-7-3-2-6-15(16)17/h2-3,6-7,14H,4-5,8-13H2,1H3. The molecule has 0 amide bonds. The number of hydrogen-bond donors (Lipinski definition) is 0. The lowest BCUT2D eigenvalue weighted by atomic mass is 10.0. The molecule has 1 unspecified atom stereocenters. The number of anilines is 1. The van der Waals surface area contributed by atoms with Gasteiger partial charge in [-0.25, -0.2) is 0 Å². The fourth-order valence-electron chi connectivity index (χ4n) is 3.39. The summed E-state index contributed by atoms with van der Waals surface area (Å²) in [6.07, 6.45) is 2.08. The third-order valence-electron chi connectivity index (χ3n) is 4.70. The molecule has 5 nitrogen and oxygen atoms in total. The van der Waals surface area contributed by atoms with Gasteiger partial charge in [-0.05, 0) is 30.9 Å². The Labute approximate surface area is 144 Å². The van der Waals surface area contributed by atoms with Crippen LogP contribution in [0.3, 0.4) is 0 Å². The van der Waals surface area contributed by atoms with E-state index >= 15 is 0 Å². The Hall–Kier alpha value is -0.820. The van der Waals surface area contributed by atoms with Gasteiger partial charge in [-0.15, -0.1) is 0 Å². The maximum Gasteiger partial charge on any atom is 0.282 e. The van der Waals surface area contributed by atoms with Gasteiger partial charge in [-0.3, -0.25) is 0 Å². The molecule has 0 aliphatic carbocycles. The number of nitrogens with zero attached hydrogens (tertiary/aromatic N) is 3. The van der Waals surface area contributed by atoms with E-state index in [4.69, 9.17) is 11.6 Å². The largest absolute Gasteiger partial charge is 0.368 e. The Balaban J connectivity index is 1.65. The molecule has 0 N–H and O–H groups in total. The van der Waals surface area contributed by atoms with Gasteiger partial charge in [0.15, 0.2) is 0 Å². The van der Waals surface area contributed by atoms with E-state index in [-0.39, 0.29) is 0 Å². The van der Waals surface area contributed by atoms with E-state index in [0.717, 1.165) is 18.5 Å². The third kappa shape index (κ3) is 3.65. The minimum absolute atomic E-state index is 0.447. The van der Waals surface area contributed by atoms with Crippen LogP contribution in [0.1, 0.15) is 19.8 Å². The van der Waals surface area contributed by atoms with Gasteiger partial charge in [0.25, 0.3) is 10.2 Å². The van der Waals surface area contributed by atoms with Crippen molar-refractivity contribution in [3.63, 3.8) is 0 Å². The number of benzene rings is 1. The van der Waals surface area contributed by atoms with Crippen molar-refractivity contribution in [2.75, 3.05) is 44.2 Å². The molecule has 1 aromatic rings. The minimum atomic E-state index is -3.33. The van der Waals surface area contributed by atoms with E-state index in [1.165, 1.54) is 0 Å². The third-order valence-corrected chi connectivity index (χ3v) is 7.03. The van der Waals surface area contributed by atoms with Crippen LogP contribution in [0.4, 0.5) is 5.69 Å². The van der Waals surface area contributed by atoms with E-state index in [1.807, 2.05) is 24.3 Å². The highest BCUT2D eigenvalue weighted by molar-refractivity contribution is 7.86. The summed E-state index contributed by atoms with van der Waals surface area (Å²) in [6, 6.07) is 7.72. The molecule has 0 bridgehead atoms. The van der Waals surface area contributed by atoms with Crippen LogP contribution in [0, 0.1) is 5.92 Å². The average Bonchev–Trinajstić information content (AvgIpc) is 2.55. The number of rotatable bonds is 3. The van der Waals surface area contributed by atoms with E-state index in [0.29, 0.717) is 50.2 Å². The van der Waals surface area contributed by atoms with Gasteiger partial charge in [0.2, 0.25) is 0 Å². The molecule has 2 saturated heterocycles. The Kier molecular flexibility index (Phi) is 5.16. The molecule has 128 valence electrons. The monoisotopic (exact) mass is 357 g/mol. The van der Waals surface area contributed by atoms with Crippen LogP contribution in [0.5, 0.6) is 0 Å². The molecule has 0 spiro atoms. The molecular weight excluding hydrogens is 334 g/mol. The molecule has 1 atom stereocenters. The van der Waals surface area contributed by atoms with Crippen LogP contribution in [-0.2, 0) is 10.2 Å². The highest BCUT2D eigenvalue weighted by Gasteiger charge is 2.34. The summed E-state index contributed by atoms with van der Waals surface area (Å²) in [7, 11) is -3.33. The second kappa shape index (κ2) is 6.97. The van der Waals surface area contributed by atoms with Crippen molar-refractivity contribution < 1.29 is 8.42 Å². The van der Waals surface area contributed by atoms with Crippen molar-refractivity contribution in [1.82, 2.24) is 8.61 Å². The van der Waals surface area contributed by atoms with Crippen LogP contribution in [0.15, 0.2) is 24.3 Å². The molecule has 2 aliphatic rings. The number of halogens is 1. The minimum Gasteiger partial charge on any atom is -0.368 e. The Morgan fingerprint density at radius 3 is 2.39 bits per heavy atom. The molecule has 2 aliphatic heterocycles. The molecule has 2 fully saturated rings. The van der Waals surface area contributed by atoms with Gasteiger partial charge in [0.1, 0.15) is 0 Å². The van der Waals surface area contributed by atoms with Crippen molar-refractivity contribution in [2.45, 2.75) is 19.8 Å². The lowest BCUT2D eigenvalue weighted by Gasteiger charge is -2.39. The van der Waals surface area contributed by atoms with Gasteiger partial charge in [-0.2, -0.15) is 17.0 Å². The van der Waals surface area contributed by atoms with E-state index < -0.39 is 10.2 Å². The fraction of sp³-hybridized carbons (Fsp3) is 0.625. The summed E-state index contributed by atoms with van der Waals surface area (Å²) < 4.78 is 28.9. The molecule has 0 radical (unpaired) electrons. The van der Waals surface area contributed by atoms with Gasteiger partial charge in [0.05, 0.1) is 10.7 Å². The Morgan fingerprint density at radius 1 is 1.04 bits per heavy atom. The fourth-order valence-corrected chi connectivity index (χ4v) is 5.40. The topological polar surface area (TPSA) is 43.9 Å². The summed E-state index contributed by atoms with van der Waals surface area (Å²) >= 11 is 6.24. The Morgan fingerprint density at radius 2 is 1.74 bits per heavy atom. The van der Waals surface area contributed by atoms with Gasteiger partial charge in [-0.1, -0.05) is 30.7 Å². The quantitative estimate of drug-likeness (QED) is 0.834. The van der Waals surface area contributed by atoms with Crippen molar-refractivity contribution in [1.29, 1.82) is 0 Å². The van der Waals surface area contributed by atoms with Crippen LogP contribution >= 0.6 is 11.6 Å². The zero-order valence-corrected chi connectivity index (χ0v) is 15.1. The first kappa shape index (κ1) is 17.0. The maximum atomic E-state index is 12.8. The van der Waals surface area contributed by atoms with E-state index in [9.17, 15) is 8.42 Å². The molecule has 2 heterocycles. The highest BCUT2D eigenvalue weighted by atomic mass is 35.5. The number of piperazine rings is 1. The molecule has 3 rings (SSSR count). The normalized spacial score (nSPS) is 24.8. The predicted molar refractivity (Wildman–Crippen MR) is 94.1 cm³/mol. The second-order valence-corrected chi connectivity index (χ2v) is 8.79. The van der Waals surface area contributed by atoms with Crippen molar-refractivity contribution >= 4 is 27.5 Å². The van der Waals surface area contributed by atoms with Gasteiger partial charge >= 0.3 is 0 Å². The van der Waals surface area contributed by atoms with Crippen LogP contribution in [0.25, 0.3) is 0 Å². The first-order valence-electron chi connectivity index (χ1n) is 8.23. The molecule has 23 heavy (non-hydrogen) atoms. The van der Waals surface area contributed by atoms with Crippen LogP contribution in [0.2, 0.25) is 5.02 Å². The zero-order valence-electron chi connectivity index (χ0n) is 13.5. The lowest BCUT2D eigenvalue weighted by Crippen LogP contribution is -2.54. The van der Waals surface area contributed by atoms with Crippen molar-refractivity contribution in [2.24, 2.45) is 5.92 Å². The van der Waals surface area contributed by atoms with E-state index in [1.54, 1.807) is 8.61 Å². The predicted octanol–water partition coefficient (Wildman–Crippen LogP) is 2.44. The van der Waals surface area contributed by atoms with Gasteiger partial charge < -0.3 is 4.90 Å². The number of para-hydroxylation sites is 1. The summed E-state index contributed by atoms with van der Waals surface area (Å²) in [5.74, 6) is 0.447. The number of hydrogen-bond acceptors (Lipinski definition) is 3. The molecular formula is C16H24ClN3O2S. The maximum absolute atomic E-state index is 12.8. The van der Waals surface area contributed by atoms with Crippen LogP contribution in [-0.4, -0.2) is 56.3 Å². The molecule has 0 aromatic heterocycles. The first-order chi connectivity index (χ1) is 11.0. The summed E-state index contributed by atoms with van der Waals surface area (Å²) in [6.45, 7) is 5.79. The zero-order chi connectivity index (χ0) is 16.4. The Bertz CT molecular complexity index is 644. The van der Waals surface area contributed by atoms with E-state index in [2.05, 4.69) is 11.8 Å². The highest BCUT2D eigenvalue weighted by Crippen LogP contribution is 2.27. The van der Waals surface area contributed by atoms with Crippen LogP contribution < -0.4 is 4.90 Å². The van der Waals surface area contributed by atoms with Crippen molar-refractivity contribution in [3.05, 3.63) is 29.3 Å². The number of piperidine rings is 1. The molecule has 0 saturated carbocycles. The second-order valence-electron chi connectivity index (χ2n) is 6.45. The summed E-state index contributed by atoms with van der Waals surface area (Å²) in [5.41, 5.74) is 0.984. The molecule has 7 heteroatoms. The lowest BCUT2D eigenvalue weighted by molar-refractivity contribution is 0.254. The summed E-state index contributed by atoms with van der Waals surface area (Å²) in [4.78, 5) is 2.16. The van der Waals surface area contributed by atoms with Crippen molar-refractivity contribution in [3.8, 4) is 0 Å². The smallest absolute Gasteiger partial charge is 0.282 e. The summed E-state index contributed by atoms with van der Waals surface area (Å²) in [5, 5.41) is 0.716. The van der Waals surface area contributed by atoms with Gasteiger partial charge in [0, 0.05) is 39.3 Å². The molecule has 1 aromatic carbocycles.